The topological polar surface area (TPSA) is 20.2 Å². The van der Waals surface area contributed by atoms with Crippen molar-refractivity contribution in [3.05, 3.63) is 57.0 Å². The molecule has 0 aliphatic carbocycles. The minimum absolute atomic E-state index is 0.0939. The first-order valence-corrected chi connectivity index (χ1v) is 7.08. The third-order valence-corrected chi connectivity index (χ3v) is 4.54. The molecule has 0 aromatic heterocycles. The van der Waals surface area contributed by atoms with Crippen LogP contribution in [0.15, 0.2) is 46.2 Å². The second-order valence-electron chi connectivity index (χ2n) is 3.55. The highest BCUT2D eigenvalue weighted by atomic mass is 35.5. The smallest absolute Gasteiger partial charge is 0.0707 e. The summed E-state index contributed by atoms with van der Waals surface area (Å²) < 4.78 is 0. The largest absolute Gasteiger partial charge is 0.392 e. The Morgan fingerprint density at radius 2 is 1.72 bits per heavy atom. The van der Waals surface area contributed by atoms with Crippen molar-refractivity contribution in [1.82, 2.24) is 0 Å². The van der Waals surface area contributed by atoms with E-state index in [1.807, 2.05) is 18.2 Å². The van der Waals surface area contributed by atoms with Crippen LogP contribution in [0.3, 0.4) is 0 Å². The van der Waals surface area contributed by atoms with Crippen LogP contribution in [0.2, 0.25) is 15.1 Å². The Kier molecular flexibility index (Phi) is 4.82. The van der Waals surface area contributed by atoms with Crippen molar-refractivity contribution in [3.63, 3.8) is 0 Å². The van der Waals surface area contributed by atoms with Gasteiger partial charge in [0.2, 0.25) is 0 Å². The molecular formula is C13H9Cl3OS. The van der Waals surface area contributed by atoms with Gasteiger partial charge in [-0.1, -0.05) is 52.6 Å². The van der Waals surface area contributed by atoms with Gasteiger partial charge in [-0.15, -0.1) is 0 Å². The molecular weight excluding hydrogens is 311 g/mol. The molecule has 2 rings (SSSR count). The number of hydrogen-bond acceptors (Lipinski definition) is 2. The predicted octanol–water partition coefficient (Wildman–Crippen LogP) is 5.29. The number of hydrogen-bond donors (Lipinski definition) is 1. The molecule has 0 bridgehead atoms. The molecule has 1 N–H and O–H groups in total. The highest BCUT2D eigenvalue weighted by Crippen LogP contribution is 2.36. The molecule has 0 radical (unpaired) electrons. The summed E-state index contributed by atoms with van der Waals surface area (Å²) in [6.07, 6.45) is 0. The summed E-state index contributed by atoms with van der Waals surface area (Å²) in [6, 6.07) is 10.9. The lowest BCUT2D eigenvalue weighted by Crippen LogP contribution is -1.88. The molecule has 0 fully saturated rings. The summed E-state index contributed by atoms with van der Waals surface area (Å²) >= 11 is 19.3. The van der Waals surface area contributed by atoms with Crippen molar-refractivity contribution in [3.8, 4) is 0 Å². The Bertz CT molecular complexity index is 572. The lowest BCUT2D eigenvalue weighted by molar-refractivity contribution is 0.279. The van der Waals surface area contributed by atoms with Gasteiger partial charge in [0, 0.05) is 20.4 Å². The highest BCUT2D eigenvalue weighted by Gasteiger charge is 2.08. The minimum Gasteiger partial charge on any atom is -0.392 e. The number of benzene rings is 2. The van der Waals surface area contributed by atoms with E-state index in [0.29, 0.717) is 15.1 Å². The summed E-state index contributed by atoms with van der Waals surface area (Å²) in [4.78, 5) is 1.85. The van der Waals surface area contributed by atoms with Crippen molar-refractivity contribution in [1.29, 1.82) is 0 Å². The minimum atomic E-state index is -0.0939. The normalized spacial score (nSPS) is 10.7. The molecule has 0 spiro atoms. The Balaban J connectivity index is 2.34. The maximum absolute atomic E-state index is 9.33. The van der Waals surface area contributed by atoms with Crippen molar-refractivity contribution < 1.29 is 5.11 Å². The highest BCUT2D eigenvalue weighted by molar-refractivity contribution is 7.99. The second kappa shape index (κ2) is 6.18. The van der Waals surface area contributed by atoms with E-state index in [1.54, 1.807) is 18.2 Å². The average molecular weight is 320 g/mol. The molecule has 0 aliphatic heterocycles. The first kappa shape index (κ1) is 14.0. The quantitative estimate of drug-likeness (QED) is 0.829. The molecule has 0 atom stereocenters. The van der Waals surface area contributed by atoms with E-state index in [0.717, 1.165) is 15.4 Å². The number of rotatable bonds is 3. The van der Waals surface area contributed by atoms with E-state index >= 15 is 0 Å². The molecule has 0 saturated heterocycles. The van der Waals surface area contributed by atoms with Gasteiger partial charge in [0.15, 0.2) is 0 Å². The fourth-order valence-electron chi connectivity index (χ4n) is 1.46. The number of aliphatic hydroxyl groups excluding tert-OH is 1. The molecule has 5 heteroatoms. The molecule has 0 heterocycles. The average Bonchev–Trinajstić information content (AvgIpc) is 2.34. The molecule has 2 aromatic rings. The van der Waals surface area contributed by atoms with Gasteiger partial charge in [0.25, 0.3) is 0 Å². The molecule has 1 nitrogen and oxygen atoms in total. The zero-order valence-corrected chi connectivity index (χ0v) is 12.2. The fraction of sp³-hybridized carbons (Fsp3) is 0.0769. The Labute approximate surface area is 125 Å². The van der Waals surface area contributed by atoms with Gasteiger partial charge in [0.1, 0.15) is 0 Å². The summed E-state index contributed by atoms with van der Waals surface area (Å²) in [5, 5.41) is 10.9. The molecule has 0 amide bonds. The summed E-state index contributed by atoms with van der Waals surface area (Å²) in [6.45, 7) is -0.0939. The van der Waals surface area contributed by atoms with Gasteiger partial charge >= 0.3 is 0 Å². The standard InChI is InChI=1S/C13H9Cl3OS/c14-10-2-1-3-13(9(10)7-17)18-8-4-5-11(15)12(16)6-8/h1-6,17H,7H2. The fourth-order valence-corrected chi connectivity index (χ4v) is 3.12. The van der Waals surface area contributed by atoms with Crippen molar-refractivity contribution in [2.75, 3.05) is 0 Å². The lowest BCUT2D eigenvalue weighted by atomic mass is 10.2. The van der Waals surface area contributed by atoms with Crippen LogP contribution in [0.25, 0.3) is 0 Å². The van der Waals surface area contributed by atoms with Crippen LogP contribution in [0.5, 0.6) is 0 Å². The van der Waals surface area contributed by atoms with Crippen molar-refractivity contribution in [2.45, 2.75) is 16.4 Å². The van der Waals surface area contributed by atoms with Crippen LogP contribution in [0, 0.1) is 0 Å². The van der Waals surface area contributed by atoms with Gasteiger partial charge in [-0.05, 0) is 30.3 Å². The summed E-state index contributed by atoms with van der Waals surface area (Å²) in [7, 11) is 0. The van der Waals surface area contributed by atoms with Crippen LogP contribution in [0.1, 0.15) is 5.56 Å². The molecule has 0 saturated carbocycles. The molecule has 2 aromatic carbocycles. The summed E-state index contributed by atoms with van der Waals surface area (Å²) in [5.74, 6) is 0. The lowest BCUT2D eigenvalue weighted by Gasteiger charge is -2.09. The van der Waals surface area contributed by atoms with Crippen LogP contribution in [-0.4, -0.2) is 5.11 Å². The zero-order chi connectivity index (χ0) is 13.1. The van der Waals surface area contributed by atoms with E-state index in [-0.39, 0.29) is 6.61 Å². The van der Waals surface area contributed by atoms with Gasteiger partial charge < -0.3 is 5.11 Å². The van der Waals surface area contributed by atoms with E-state index in [2.05, 4.69) is 0 Å². The SMILES string of the molecule is OCc1c(Cl)cccc1Sc1ccc(Cl)c(Cl)c1. The van der Waals surface area contributed by atoms with E-state index < -0.39 is 0 Å². The first-order valence-electron chi connectivity index (χ1n) is 5.13. The number of halogens is 3. The van der Waals surface area contributed by atoms with Crippen LogP contribution < -0.4 is 0 Å². The number of aliphatic hydroxyl groups is 1. The molecule has 94 valence electrons. The van der Waals surface area contributed by atoms with Gasteiger partial charge in [0.05, 0.1) is 16.7 Å². The zero-order valence-electron chi connectivity index (χ0n) is 9.16. The molecule has 18 heavy (non-hydrogen) atoms. The van der Waals surface area contributed by atoms with Crippen LogP contribution in [-0.2, 0) is 6.61 Å². The second-order valence-corrected chi connectivity index (χ2v) is 5.89. The Morgan fingerprint density at radius 3 is 2.39 bits per heavy atom. The Morgan fingerprint density at radius 1 is 0.944 bits per heavy atom. The van der Waals surface area contributed by atoms with Crippen molar-refractivity contribution in [2.24, 2.45) is 0 Å². The van der Waals surface area contributed by atoms with E-state index in [1.165, 1.54) is 11.8 Å². The maximum atomic E-state index is 9.33. The third-order valence-electron chi connectivity index (χ3n) is 2.35. The van der Waals surface area contributed by atoms with E-state index in [9.17, 15) is 5.11 Å². The van der Waals surface area contributed by atoms with Crippen molar-refractivity contribution >= 4 is 46.6 Å². The monoisotopic (exact) mass is 318 g/mol. The van der Waals surface area contributed by atoms with E-state index in [4.69, 9.17) is 34.8 Å². The molecule has 0 aliphatic rings. The Hall–Kier alpha value is -0.380. The predicted molar refractivity (Wildman–Crippen MR) is 78.0 cm³/mol. The van der Waals surface area contributed by atoms with Gasteiger partial charge in [-0.2, -0.15) is 0 Å². The van der Waals surface area contributed by atoms with Gasteiger partial charge in [-0.25, -0.2) is 0 Å². The maximum Gasteiger partial charge on any atom is 0.0707 e. The third kappa shape index (κ3) is 3.14. The van der Waals surface area contributed by atoms with Crippen LogP contribution in [0.4, 0.5) is 0 Å². The molecule has 0 unspecified atom stereocenters. The first-order chi connectivity index (χ1) is 8.61. The van der Waals surface area contributed by atoms with Gasteiger partial charge in [-0.3, -0.25) is 0 Å². The van der Waals surface area contributed by atoms with Crippen LogP contribution >= 0.6 is 46.6 Å². The summed E-state index contributed by atoms with van der Waals surface area (Å²) in [5.41, 5.74) is 0.718.